The Morgan fingerprint density at radius 1 is 1.22 bits per heavy atom. The van der Waals surface area contributed by atoms with Crippen molar-refractivity contribution >= 4 is 0 Å². The van der Waals surface area contributed by atoms with Crippen molar-refractivity contribution in [3.63, 3.8) is 0 Å². The molecular formula is C16H33NO. The summed E-state index contributed by atoms with van der Waals surface area (Å²) in [5.74, 6) is 1.29. The molecule has 2 heteroatoms. The Hall–Kier alpha value is -0.0800. The molecule has 1 fully saturated rings. The maximum absolute atomic E-state index is 10.2. The number of rotatable bonds is 7. The van der Waals surface area contributed by atoms with Crippen LogP contribution in [0.4, 0.5) is 0 Å². The molecule has 0 aliphatic heterocycles. The molecule has 0 saturated heterocycles. The van der Waals surface area contributed by atoms with Gasteiger partial charge in [0.25, 0.3) is 0 Å². The van der Waals surface area contributed by atoms with Gasteiger partial charge in [0.05, 0.1) is 6.10 Å². The summed E-state index contributed by atoms with van der Waals surface area (Å²) in [6.45, 7) is 11.4. The zero-order valence-electron chi connectivity index (χ0n) is 12.9. The average Bonchev–Trinajstić information content (AvgIpc) is 2.32. The SMILES string of the molecule is CCCCCN(CC1CC(C)CCC1O)C(C)C. The Labute approximate surface area is 114 Å². The number of unbranched alkanes of at least 4 members (excludes halogenated alkanes) is 2. The van der Waals surface area contributed by atoms with Crippen molar-refractivity contribution < 1.29 is 5.11 Å². The molecule has 1 aliphatic carbocycles. The summed E-state index contributed by atoms with van der Waals surface area (Å²) in [6, 6.07) is 0.603. The zero-order valence-corrected chi connectivity index (χ0v) is 12.9. The molecule has 0 amide bonds. The Kier molecular flexibility index (Phi) is 7.25. The van der Waals surface area contributed by atoms with Gasteiger partial charge in [-0.3, -0.25) is 0 Å². The first kappa shape index (κ1) is 16.0. The fourth-order valence-corrected chi connectivity index (χ4v) is 3.11. The third kappa shape index (κ3) is 5.27. The van der Waals surface area contributed by atoms with Crippen molar-refractivity contribution in [2.75, 3.05) is 13.1 Å². The zero-order chi connectivity index (χ0) is 13.5. The molecule has 3 unspecified atom stereocenters. The summed E-state index contributed by atoms with van der Waals surface area (Å²) in [5.41, 5.74) is 0. The molecule has 0 heterocycles. The van der Waals surface area contributed by atoms with Crippen molar-refractivity contribution in [3.05, 3.63) is 0 Å². The highest BCUT2D eigenvalue weighted by molar-refractivity contribution is 4.81. The van der Waals surface area contributed by atoms with E-state index in [1.54, 1.807) is 0 Å². The van der Waals surface area contributed by atoms with E-state index in [1.807, 2.05) is 0 Å². The predicted molar refractivity (Wildman–Crippen MR) is 78.7 cm³/mol. The molecule has 1 saturated carbocycles. The molecule has 1 rings (SSSR count). The van der Waals surface area contributed by atoms with E-state index < -0.39 is 0 Å². The topological polar surface area (TPSA) is 23.5 Å². The van der Waals surface area contributed by atoms with Gasteiger partial charge in [0, 0.05) is 12.6 Å². The minimum Gasteiger partial charge on any atom is -0.393 e. The minimum atomic E-state index is -0.0615. The Balaban J connectivity index is 2.43. The largest absolute Gasteiger partial charge is 0.393 e. The van der Waals surface area contributed by atoms with E-state index >= 15 is 0 Å². The molecule has 0 aromatic heterocycles. The van der Waals surface area contributed by atoms with Gasteiger partial charge in [0.1, 0.15) is 0 Å². The van der Waals surface area contributed by atoms with Gasteiger partial charge in [-0.05, 0) is 57.9 Å². The lowest BCUT2D eigenvalue weighted by Crippen LogP contribution is -2.42. The lowest BCUT2D eigenvalue weighted by Gasteiger charge is -2.37. The second-order valence-corrected chi connectivity index (χ2v) is 6.54. The Morgan fingerprint density at radius 2 is 1.94 bits per heavy atom. The van der Waals surface area contributed by atoms with Gasteiger partial charge < -0.3 is 10.0 Å². The molecule has 1 N–H and O–H groups in total. The quantitative estimate of drug-likeness (QED) is 0.701. The molecule has 0 spiro atoms. The normalized spacial score (nSPS) is 29.2. The smallest absolute Gasteiger partial charge is 0.0580 e. The van der Waals surface area contributed by atoms with Gasteiger partial charge in [-0.2, -0.15) is 0 Å². The van der Waals surface area contributed by atoms with Crippen molar-refractivity contribution in [2.45, 2.75) is 78.4 Å². The van der Waals surface area contributed by atoms with Gasteiger partial charge in [-0.15, -0.1) is 0 Å². The maximum Gasteiger partial charge on any atom is 0.0580 e. The van der Waals surface area contributed by atoms with E-state index in [0.29, 0.717) is 12.0 Å². The number of aliphatic hydroxyl groups excluding tert-OH is 1. The first-order chi connectivity index (χ1) is 8.54. The predicted octanol–water partition coefficient (Wildman–Crippen LogP) is 3.68. The lowest BCUT2D eigenvalue weighted by molar-refractivity contribution is 0.0242. The Bertz CT molecular complexity index is 217. The van der Waals surface area contributed by atoms with E-state index in [-0.39, 0.29) is 6.10 Å². The van der Waals surface area contributed by atoms with Gasteiger partial charge in [0.15, 0.2) is 0 Å². The summed E-state index contributed by atoms with van der Waals surface area (Å²) < 4.78 is 0. The van der Waals surface area contributed by atoms with E-state index in [2.05, 4.69) is 32.6 Å². The molecule has 0 aromatic carbocycles. The molecule has 0 radical (unpaired) electrons. The number of nitrogens with zero attached hydrogens (tertiary/aromatic N) is 1. The van der Waals surface area contributed by atoms with Gasteiger partial charge in [0.2, 0.25) is 0 Å². The van der Waals surface area contributed by atoms with Crippen LogP contribution in [0, 0.1) is 11.8 Å². The summed E-state index contributed by atoms with van der Waals surface area (Å²) >= 11 is 0. The summed E-state index contributed by atoms with van der Waals surface area (Å²) in [6.07, 6.45) is 7.27. The standard InChI is InChI=1S/C16H33NO/c1-5-6-7-10-17(13(2)3)12-15-11-14(4)8-9-16(15)18/h13-16,18H,5-12H2,1-4H3. The van der Waals surface area contributed by atoms with Crippen molar-refractivity contribution in [2.24, 2.45) is 11.8 Å². The summed E-state index contributed by atoms with van der Waals surface area (Å²) in [5, 5.41) is 10.2. The highest BCUT2D eigenvalue weighted by Crippen LogP contribution is 2.30. The molecule has 3 atom stereocenters. The van der Waals surface area contributed by atoms with Gasteiger partial charge in [-0.1, -0.05) is 26.7 Å². The van der Waals surface area contributed by atoms with Crippen LogP contribution in [-0.4, -0.2) is 35.2 Å². The van der Waals surface area contributed by atoms with Crippen molar-refractivity contribution in [1.29, 1.82) is 0 Å². The summed E-state index contributed by atoms with van der Waals surface area (Å²) in [4.78, 5) is 2.57. The highest BCUT2D eigenvalue weighted by atomic mass is 16.3. The number of hydrogen-bond acceptors (Lipinski definition) is 2. The van der Waals surface area contributed by atoms with Gasteiger partial charge >= 0.3 is 0 Å². The van der Waals surface area contributed by atoms with Crippen LogP contribution in [0.3, 0.4) is 0 Å². The Morgan fingerprint density at radius 3 is 2.56 bits per heavy atom. The van der Waals surface area contributed by atoms with Crippen LogP contribution in [0.25, 0.3) is 0 Å². The van der Waals surface area contributed by atoms with Crippen molar-refractivity contribution in [1.82, 2.24) is 4.90 Å². The molecular weight excluding hydrogens is 222 g/mol. The van der Waals surface area contributed by atoms with E-state index in [1.165, 1.54) is 38.6 Å². The first-order valence-electron chi connectivity index (χ1n) is 7.96. The second-order valence-electron chi connectivity index (χ2n) is 6.54. The van der Waals surface area contributed by atoms with Crippen LogP contribution in [-0.2, 0) is 0 Å². The third-order valence-electron chi connectivity index (χ3n) is 4.45. The van der Waals surface area contributed by atoms with Crippen LogP contribution in [0.2, 0.25) is 0 Å². The first-order valence-corrected chi connectivity index (χ1v) is 7.96. The molecule has 108 valence electrons. The molecule has 0 bridgehead atoms. The average molecular weight is 255 g/mol. The van der Waals surface area contributed by atoms with Crippen LogP contribution < -0.4 is 0 Å². The van der Waals surface area contributed by atoms with Crippen LogP contribution in [0.1, 0.15) is 66.2 Å². The van der Waals surface area contributed by atoms with Crippen LogP contribution in [0.5, 0.6) is 0 Å². The molecule has 1 aliphatic rings. The highest BCUT2D eigenvalue weighted by Gasteiger charge is 2.28. The third-order valence-corrected chi connectivity index (χ3v) is 4.45. The number of hydrogen-bond donors (Lipinski definition) is 1. The van der Waals surface area contributed by atoms with E-state index in [9.17, 15) is 5.11 Å². The van der Waals surface area contributed by atoms with Crippen LogP contribution >= 0.6 is 0 Å². The summed E-state index contributed by atoms with van der Waals surface area (Å²) in [7, 11) is 0. The van der Waals surface area contributed by atoms with Gasteiger partial charge in [-0.25, -0.2) is 0 Å². The molecule has 2 nitrogen and oxygen atoms in total. The maximum atomic E-state index is 10.2. The van der Waals surface area contributed by atoms with E-state index in [4.69, 9.17) is 0 Å². The minimum absolute atomic E-state index is 0.0615. The lowest BCUT2D eigenvalue weighted by atomic mass is 9.80. The number of aliphatic hydroxyl groups is 1. The molecule has 18 heavy (non-hydrogen) atoms. The van der Waals surface area contributed by atoms with Crippen LogP contribution in [0.15, 0.2) is 0 Å². The van der Waals surface area contributed by atoms with Crippen molar-refractivity contribution in [3.8, 4) is 0 Å². The monoisotopic (exact) mass is 255 g/mol. The second kappa shape index (κ2) is 8.16. The fourth-order valence-electron chi connectivity index (χ4n) is 3.11. The molecule has 0 aromatic rings. The van der Waals surface area contributed by atoms with E-state index in [0.717, 1.165) is 18.9 Å². The fraction of sp³-hybridized carbons (Fsp3) is 1.00.